The second-order valence-corrected chi connectivity index (χ2v) is 3.56. The van der Waals surface area contributed by atoms with E-state index in [4.69, 9.17) is 0 Å². The van der Waals surface area contributed by atoms with E-state index in [0.29, 0.717) is 25.0 Å². The van der Waals surface area contributed by atoms with E-state index in [-0.39, 0.29) is 5.56 Å². The van der Waals surface area contributed by atoms with Crippen molar-refractivity contribution in [2.75, 3.05) is 0 Å². The van der Waals surface area contributed by atoms with Crippen LogP contribution < -0.4 is 5.56 Å². The Hall–Kier alpha value is -1.33. The van der Waals surface area contributed by atoms with Crippen LogP contribution in [0.5, 0.6) is 0 Å². The molecule has 0 aromatic carbocycles. The molecule has 0 aliphatic heterocycles. The summed E-state index contributed by atoms with van der Waals surface area (Å²) in [7, 11) is 0. The summed E-state index contributed by atoms with van der Waals surface area (Å²) < 4.78 is 37.8. The monoisotopic (exact) mass is 218 g/mol. The lowest BCUT2D eigenvalue weighted by Crippen LogP contribution is -2.28. The third kappa shape index (κ3) is 1.75. The lowest BCUT2D eigenvalue weighted by atomic mass is 9.93. The van der Waals surface area contributed by atoms with E-state index < -0.39 is 17.3 Å². The van der Waals surface area contributed by atoms with Gasteiger partial charge in [-0.25, -0.2) is 5.10 Å². The fourth-order valence-corrected chi connectivity index (χ4v) is 1.89. The number of nitrogens with zero attached hydrogens (tertiary/aromatic N) is 1. The average Bonchev–Trinajstić information content (AvgIpc) is 2.15. The van der Waals surface area contributed by atoms with E-state index in [1.807, 2.05) is 5.10 Å². The lowest BCUT2D eigenvalue weighted by molar-refractivity contribution is -0.139. The van der Waals surface area contributed by atoms with Crippen LogP contribution in [0.1, 0.15) is 29.7 Å². The smallest absolute Gasteiger partial charge is 0.267 e. The Balaban J connectivity index is 2.66. The minimum absolute atomic E-state index is 0.0810. The Morgan fingerprint density at radius 1 is 1.20 bits per heavy atom. The summed E-state index contributed by atoms with van der Waals surface area (Å²) in [6.07, 6.45) is -2.28. The lowest BCUT2D eigenvalue weighted by Gasteiger charge is -2.18. The largest absolute Gasteiger partial charge is 0.422 e. The van der Waals surface area contributed by atoms with Crippen molar-refractivity contribution >= 4 is 0 Å². The van der Waals surface area contributed by atoms with Crippen LogP contribution >= 0.6 is 0 Å². The number of aromatic amines is 1. The number of nitrogens with one attached hydrogen (secondary N) is 1. The van der Waals surface area contributed by atoms with Crippen LogP contribution in [0.4, 0.5) is 13.2 Å². The predicted octanol–water partition coefficient (Wildman–Crippen LogP) is 1.67. The first-order chi connectivity index (χ1) is 7.00. The zero-order chi connectivity index (χ0) is 11.1. The Morgan fingerprint density at radius 3 is 2.53 bits per heavy atom. The minimum Gasteiger partial charge on any atom is -0.267 e. The highest BCUT2D eigenvalue weighted by Crippen LogP contribution is 2.32. The fourth-order valence-electron chi connectivity index (χ4n) is 1.89. The SMILES string of the molecule is O=c1[nH]nc2c(c1C(F)(F)F)CCCC2. The van der Waals surface area contributed by atoms with Crippen LogP contribution in [0.15, 0.2) is 4.79 Å². The van der Waals surface area contributed by atoms with E-state index in [1.165, 1.54) is 0 Å². The van der Waals surface area contributed by atoms with Gasteiger partial charge in [0.15, 0.2) is 0 Å². The maximum atomic E-state index is 12.6. The predicted molar refractivity (Wildman–Crippen MR) is 46.5 cm³/mol. The average molecular weight is 218 g/mol. The molecule has 1 aliphatic rings. The van der Waals surface area contributed by atoms with E-state index in [2.05, 4.69) is 5.10 Å². The van der Waals surface area contributed by atoms with Gasteiger partial charge < -0.3 is 0 Å². The first kappa shape index (κ1) is 10.2. The first-order valence-corrected chi connectivity index (χ1v) is 4.68. The molecule has 1 N–H and O–H groups in total. The van der Waals surface area contributed by atoms with Crippen molar-refractivity contribution < 1.29 is 13.2 Å². The van der Waals surface area contributed by atoms with Crippen molar-refractivity contribution in [2.24, 2.45) is 0 Å². The van der Waals surface area contributed by atoms with Crippen molar-refractivity contribution in [3.05, 3.63) is 27.2 Å². The number of aromatic nitrogens is 2. The molecular formula is C9H9F3N2O. The third-order valence-electron chi connectivity index (χ3n) is 2.54. The molecule has 1 aromatic heterocycles. The van der Waals surface area contributed by atoms with Gasteiger partial charge in [-0.3, -0.25) is 4.79 Å². The summed E-state index contributed by atoms with van der Waals surface area (Å²) in [6.45, 7) is 0. The van der Waals surface area contributed by atoms with Gasteiger partial charge in [-0.2, -0.15) is 18.3 Å². The van der Waals surface area contributed by atoms with Gasteiger partial charge in [0, 0.05) is 0 Å². The molecule has 1 aromatic rings. The number of fused-ring (bicyclic) bond motifs is 1. The maximum Gasteiger partial charge on any atom is 0.422 e. The van der Waals surface area contributed by atoms with E-state index in [9.17, 15) is 18.0 Å². The van der Waals surface area contributed by atoms with Gasteiger partial charge in [-0.05, 0) is 31.2 Å². The van der Waals surface area contributed by atoms with Gasteiger partial charge >= 0.3 is 6.18 Å². The summed E-state index contributed by atoms with van der Waals surface area (Å²) in [5.74, 6) is 0. The highest BCUT2D eigenvalue weighted by Gasteiger charge is 2.38. The maximum absolute atomic E-state index is 12.6. The van der Waals surface area contributed by atoms with Crippen molar-refractivity contribution in [1.29, 1.82) is 0 Å². The van der Waals surface area contributed by atoms with Gasteiger partial charge in [0.2, 0.25) is 0 Å². The van der Waals surface area contributed by atoms with Gasteiger partial charge in [-0.15, -0.1) is 0 Å². The molecule has 3 nitrogen and oxygen atoms in total. The van der Waals surface area contributed by atoms with Crippen LogP contribution in [0.3, 0.4) is 0 Å². The molecule has 1 heterocycles. The quantitative estimate of drug-likeness (QED) is 0.719. The molecule has 0 saturated heterocycles. The van der Waals surface area contributed by atoms with Crippen LogP contribution in [0, 0.1) is 0 Å². The van der Waals surface area contributed by atoms with Crippen LogP contribution in [-0.4, -0.2) is 10.2 Å². The molecule has 0 spiro atoms. The molecule has 0 unspecified atom stereocenters. The van der Waals surface area contributed by atoms with Crippen LogP contribution in [0.2, 0.25) is 0 Å². The molecule has 0 radical (unpaired) electrons. The molecule has 0 fully saturated rings. The summed E-state index contributed by atoms with van der Waals surface area (Å²) in [6, 6.07) is 0. The van der Waals surface area contributed by atoms with Crippen LogP contribution in [0.25, 0.3) is 0 Å². The molecule has 0 amide bonds. The molecule has 82 valence electrons. The molecule has 0 saturated carbocycles. The summed E-state index contributed by atoms with van der Waals surface area (Å²) >= 11 is 0. The highest BCUT2D eigenvalue weighted by atomic mass is 19.4. The van der Waals surface area contributed by atoms with Gasteiger partial charge in [0.1, 0.15) is 5.56 Å². The van der Waals surface area contributed by atoms with Gasteiger partial charge in [0.05, 0.1) is 5.69 Å². The molecule has 2 rings (SSSR count). The standard InChI is InChI=1S/C9H9F3N2O/c10-9(11,12)7-5-3-1-2-4-6(5)13-14-8(7)15/h1-4H2,(H,14,15). The van der Waals surface area contributed by atoms with E-state index in [1.54, 1.807) is 0 Å². The Labute approximate surface area is 83.3 Å². The van der Waals surface area contributed by atoms with Gasteiger partial charge in [0.25, 0.3) is 5.56 Å². The number of hydrogen-bond donors (Lipinski definition) is 1. The first-order valence-electron chi connectivity index (χ1n) is 4.68. The minimum atomic E-state index is -4.59. The van der Waals surface area contributed by atoms with E-state index >= 15 is 0 Å². The molecule has 6 heteroatoms. The van der Waals surface area contributed by atoms with Crippen LogP contribution in [-0.2, 0) is 19.0 Å². The fraction of sp³-hybridized carbons (Fsp3) is 0.556. The summed E-state index contributed by atoms with van der Waals surface area (Å²) in [5, 5.41) is 5.56. The van der Waals surface area contributed by atoms with Crippen molar-refractivity contribution in [3.63, 3.8) is 0 Å². The molecule has 0 atom stereocenters. The highest BCUT2D eigenvalue weighted by molar-refractivity contribution is 5.31. The Kier molecular flexibility index (Phi) is 2.28. The van der Waals surface area contributed by atoms with Gasteiger partial charge in [-0.1, -0.05) is 0 Å². The van der Waals surface area contributed by atoms with Crippen molar-refractivity contribution in [1.82, 2.24) is 10.2 Å². The topological polar surface area (TPSA) is 45.8 Å². The molecule has 0 bridgehead atoms. The Bertz CT molecular complexity index is 436. The third-order valence-corrected chi connectivity index (χ3v) is 2.54. The molecular weight excluding hydrogens is 209 g/mol. The number of aryl methyl sites for hydroxylation is 1. The second-order valence-electron chi connectivity index (χ2n) is 3.56. The summed E-state index contributed by atoms with van der Waals surface area (Å²) in [4.78, 5) is 11.1. The number of halogens is 3. The Morgan fingerprint density at radius 2 is 1.87 bits per heavy atom. The van der Waals surface area contributed by atoms with E-state index in [0.717, 1.165) is 6.42 Å². The second kappa shape index (κ2) is 3.36. The number of rotatable bonds is 0. The van der Waals surface area contributed by atoms with Crippen molar-refractivity contribution in [2.45, 2.75) is 31.9 Å². The zero-order valence-electron chi connectivity index (χ0n) is 7.82. The van der Waals surface area contributed by atoms with Crippen molar-refractivity contribution in [3.8, 4) is 0 Å². The zero-order valence-corrected chi connectivity index (χ0v) is 7.82. The number of H-pyrrole nitrogens is 1. The summed E-state index contributed by atoms with van der Waals surface area (Å²) in [5.41, 5.74) is -1.74. The molecule has 1 aliphatic carbocycles. The number of alkyl halides is 3. The number of hydrogen-bond acceptors (Lipinski definition) is 2. The normalized spacial score (nSPS) is 16.2. The molecule has 15 heavy (non-hydrogen) atoms.